The van der Waals surface area contributed by atoms with Gasteiger partial charge in [-0.25, -0.2) is 0 Å². The smallest absolute Gasteiger partial charge is 0.420 e. The van der Waals surface area contributed by atoms with Crippen molar-refractivity contribution in [1.82, 2.24) is 5.32 Å². The van der Waals surface area contributed by atoms with Crippen molar-refractivity contribution in [3.63, 3.8) is 0 Å². The largest absolute Gasteiger partial charge is 0.456 e. The summed E-state index contributed by atoms with van der Waals surface area (Å²) >= 11 is 0.494. The van der Waals surface area contributed by atoms with Crippen LogP contribution >= 0.6 is 11.8 Å². The number of alkyl halides is 6. The molecule has 12 heteroatoms. The van der Waals surface area contributed by atoms with Gasteiger partial charge in [-0.1, -0.05) is 6.07 Å². The van der Waals surface area contributed by atoms with E-state index >= 15 is 0 Å². The molecule has 31 heavy (non-hydrogen) atoms. The van der Waals surface area contributed by atoms with Crippen LogP contribution in [0.2, 0.25) is 0 Å². The Hall–Kier alpha value is -3.46. The Bertz CT molecular complexity index is 1150. The minimum absolute atomic E-state index is 0.122. The van der Waals surface area contributed by atoms with Gasteiger partial charge in [0.25, 0.3) is 11.1 Å². The van der Waals surface area contributed by atoms with E-state index in [0.717, 1.165) is 30.3 Å². The molecule has 1 aliphatic rings. The normalized spacial score (nSPS) is 15.7. The van der Waals surface area contributed by atoms with Gasteiger partial charge in [-0.2, -0.15) is 31.6 Å². The Morgan fingerprint density at radius 2 is 1.52 bits per heavy atom. The molecule has 2 amide bonds. The van der Waals surface area contributed by atoms with Gasteiger partial charge < -0.3 is 4.74 Å². The van der Waals surface area contributed by atoms with E-state index in [1.165, 1.54) is 6.07 Å². The number of benzene rings is 2. The van der Waals surface area contributed by atoms with E-state index in [2.05, 4.69) is 0 Å². The number of carbonyl (C=O) groups is 2. The van der Waals surface area contributed by atoms with Crippen molar-refractivity contribution in [1.29, 1.82) is 5.26 Å². The number of ether oxygens (including phenoxy) is 1. The molecule has 0 bridgehead atoms. The van der Waals surface area contributed by atoms with Crippen molar-refractivity contribution in [2.24, 2.45) is 0 Å². The molecule has 0 radical (unpaired) electrons. The molecule has 160 valence electrons. The van der Waals surface area contributed by atoms with Crippen LogP contribution in [0, 0.1) is 11.3 Å². The molecule has 5 nitrogen and oxygen atoms in total. The highest BCUT2D eigenvalue weighted by Crippen LogP contribution is 2.43. The molecule has 0 unspecified atom stereocenters. The van der Waals surface area contributed by atoms with E-state index < -0.39 is 46.1 Å². The number of hydrogen-bond donors (Lipinski definition) is 1. The second-order valence-corrected chi connectivity index (χ2v) is 7.04. The second-order valence-electron chi connectivity index (χ2n) is 6.03. The third kappa shape index (κ3) is 5.00. The van der Waals surface area contributed by atoms with Crippen LogP contribution in [-0.4, -0.2) is 11.1 Å². The van der Waals surface area contributed by atoms with Crippen LogP contribution in [0.5, 0.6) is 11.5 Å². The third-order valence-corrected chi connectivity index (χ3v) is 4.69. The fraction of sp³-hybridized carbons (Fsp3) is 0.105. The average Bonchev–Trinajstić information content (AvgIpc) is 2.98. The molecule has 0 aromatic heterocycles. The Morgan fingerprint density at radius 1 is 0.935 bits per heavy atom. The molecule has 1 heterocycles. The zero-order valence-corrected chi connectivity index (χ0v) is 15.7. The summed E-state index contributed by atoms with van der Waals surface area (Å²) in [6, 6.07) is 6.18. The molecule has 3 rings (SSSR count). The van der Waals surface area contributed by atoms with E-state index in [0.29, 0.717) is 23.9 Å². The lowest BCUT2D eigenvalue weighted by molar-refractivity contribution is -0.139. The zero-order chi connectivity index (χ0) is 23.0. The van der Waals surface area contributed by atoms with Crippen LogP contribution in [0.25, 0.3) is 6.08 Å². The maximum absolute atomic E-state index is 13.5. The number of rotatable bonds is 3. The summed E-state index contributed by atoms with van der Waals surface area (Å²) in [6.45, 7) is 0. The van der Waals surface area contributed by atoms with Crippen LogP contribution in [0.15, 0.2) is 41.3 Å². The van der Waals surface area contributed by atoms with Gasteiger partial charge in [0.1, 0.15) is 11.5 Å². The summed E-state index contributed by atoms with van der Waals surface area (Å²) in [6.07, 6.45) is -8.95. The highest BCUT2D eigenvalue weighted by Gasteiger charge is 2.38. The van der Waals surface area contributed by atoms with E-state index in [-0.39, 0.29) is 16.0 Å². The van der Waals surface area contributed by atoms with Crippen LogP contribution in [0.3, 0.4) is 0 Å². The van der Waals surface area contributed by atoms with Gasteiger partial charge in [0.2, 0.25) is 0 Å². The average molecular weight is 458 g/mol. The number of halogens is 6. The molecule has 0 spiro atoms. The zero-order valence-electron chi connectivity index (χ0n) is 14.9. The Morgan fingerprint density at radius 3 is 2.03 bits per heavy atom. The third-order valence-electron chi connectivity index (χ3n) is 3.88. The molecule has 2 aromatic rings. The first-order chi connectivity index (χ1) is 14.4. The quantitative estimate of drug-likeness (QED) is 0.471. The molecule has 0 atom stereocenters. The monoisotopic (exact) mass is 458 g/mol. The molecule has 1 aliphatic heterocycles. The maximum Gasteiger partial charge on any atom is 0.420 e. The molecule has 0 aliphatic carbocycles. The predicted molar refractivity (Wildman–Crippen MR) is 96.8 cm³/mol. The minimum atomic E-state index is -5.00. The molecule has 0 saturated carbocycles. The number of nitrogens with zero attached hydrogens (tertiary/aromatic N) is 1. The number of imide groups is 1. The standard InChI is InChI=1S/C19H8F6N2O3S/c20-18(21,22)11-5-9(7-15-16(28)27-17(29)31-15)1-3-13(11)30-14-4-2-10(8-26)6-12(14)19(23,24)25/h1-7H,(H,27,28,29)/b15-7-. The summed E-state index contributed by atoms with van der Waals surface area (Å²) in [5.74, 6) is -2.61. The van der Waals surface area contributed by atoms with Crippen molar-refractivity contribution in [3.05, 3.63) is 63.6 Å². The molecular weight excluding hydrogens is 450 g/mol. The maximum atomic E-state index is 13.5. The lowest BCUT2D eigenvalue weighted by atomic mass is 10.1. The van der Waals surface area contributed by atoms with Gasteiger partial charge in [-0.05, 0) is 53.7 Å². The molecule has 1 N–H and O–H groups in total. The Labute approximate surface area is 174 Å². The lowest BCUT2D eigenvalue weighted by Gasteiger charge is -2.17. The van der Waals surface area contributed by atoms with Crippen LogP contribution in [-0.2, 0) is 17.1 Å². The van der Waals surface area contributed by atoms with E-state index in [1.54, 1.807) is 0 Å². The van der Waals surface area contributed by atoms with Gasteiger partial charge in [0.05, 0.1) is 27.7 Å². The molecule has 1 saturated heterocycles. The lowest BCUT2D eigenvalue weighted by Crippen LogP contribution is -2.17. The van der Waals surface area contributed by atoms with Crippen LogP contribution in [0.1, 0.15) is 22.3 Å². The topological polar surface area (TPSA) is 79.2 Å². The summed E-state index contributed by atoms with van der Waals surface area (Å²) in [5, 5.41) is 10.0. The SMILES string of the molecule is N#Cc1ccc(Oc2ccc(/C=C3\SC(=O)NC3=O)cc2C(F)(F)F)c(C(F)(F)F)c1. The van der Waals surface area contributed by atoms with E-state index in [1.807, 2.05) is 5.32 Å². The highest BCUT2D eigenvalue weighted by atomic mass is 32.2. The first kappa shape index (κ1) is 22.2. The van der Waals surface area contributed by atoms with E-state index in [9.17, 15) is 35.9 Å². The van der Waals surface area contributed by atoms with Crippen molar-refractivity contribution >= 4 is 29.0 Å². The van der Waals surface area contributed by atoms with Gasteiger partial charge in [0.15, 0.2) is 0 Å². The highest BCUT2D eigenvalue weighted by molar-refractivity contribution is 8.18. The van der Waals surface area contributed by atoms with E-state index in [4.69, 9.17) is 10.00 Å². The number of thioether (sulfide) groups is 1. The van der Waals surface area contributed by atoms with Crippen molar-refractivity contribution < 1.29 is 40.7 Å². The minimum Gasteiger partial charge on any atom is -0.456 e. The number of carbonyl (C=O) groups excluding carboxylic acids is 2. The van der Waals surface area contributed by atoms with Crippen LogP contribution < -0.4 is 10.1 Å². The van der Waals surface area contributed by atoms with Crippen LogP contribution in [0.4, 0.5) is 31.1 Å². The molecular formula is C19H8F6N2O3S. The summed E-state index contributed by atoms with van der Waals surface area (Å²) in [7, 11) is 0. The van der Waals surface area contributed by atoms with Gasteiger partial charge in [0, 0.05) is 0 Å². The van der Waals surface area contributed by atoms with Gasteiger partial charge >= 0.3 is 12.4 Å². The molecule has 2 aromatic carbocycles. The number of nitriles is 1. The predicted octanol–water partition coefficient (Wildman–Crippen LogP) is 5.71. The van der Waals surface area contributed by atoms with Crippen molar-refractivity contribution in [3.8, 4) is 17.6 Å². The van der Waals surface area contributed by atoms with Crippen molar-refractivity contribution in [2.45, 2.75) is 12.4 Å². The summed E-state index contributed by atoms with van der Waals surface area (Å²) < 4.78 is 85.4. The van der Waals surface area contributed by atoms with Gasteiger partial charge in [-0.3, -0.25) is 14.9 Å². The summed E-state index contributed by atoms with van der Waals surface area (Å²) in [5.41, 5.74) is -3.28. The summed E-state index contributed by atoms with van der Waals surface area (Å²) in [4.78, 5) is 22.6. The van der Waals surface area contributed by atoms with Gasteiger partial charge in [-0.15, -0.1) is 0 Å². The fourth-order valence-electron chi connectivity index (χ4n) is 2.55. The number of hydrogen-bond acceptors (Lipinski definition) is 5. The van der Waals surface area contributed by atoms with Crippen molar-refractivity contribution in [2.75, 3.05) is 0 Å². The molecule has 1 fully saturated rings. The first-order valence-electron chi connectivity index (χ1n) is 8.14. The second kappa shape index (κ2) is 7.99. The number of amides is 2. The number of nitrogens with one attached hydrogen (secondary N) is 1. The Kier molecular flexibility index (Phi) is 5.73. The fourth-order valence-corrected chi connectivity index (χ4v) is 3.23. The Balaban J connectivity index is 2.05. The first-order valence-corrected chi connectivity index (χ1v) is 8.95.